The summed E-state index contributed by atoms with van der Waals surface area (Å²) in [6, 6.07) is 9.59. The van der Waals surface area contributed by atoms with Gasteiger partial charge in [-0.2, -0.15) is 0 Å². The van der Waals surface area contributed by atoms with Crippen LogP contribution in [0.1, 0.15) is 5.56 Å². The van der Waals surface area contributed by atoms with Crippen molar-refractivity contribution >= 4 is 23.0 Å². The van der Waals surface area contributed by atoms with Gasteiger partial charge in [-0.1, -0.05) is 18.2 Å². The van der Waals surface area contributed by atoms with Gasteiger partial charge in [0.1, 0.15) is 5.82 Å². The van der Waals surface area contributed by atoms with Crippen molar-refractivity contribution in [1.82, 2.24) is 0 Å². The zero-order chi connectivity index (χ0) is 15.4. The number of nitro benzene ring substituents is 1. The first-order valence-corrected chi connectivity index (χ1v) is 5.98. The summed E-state index contributed by atoms with van der Waals surface area (Å²) in [6.45, 7) is 0. The lowest BCUT2D eigenvalue weighted by molar-refractivity contribution is -0.384. The molecule has 0 aromatic heterocycles. The minimum Gasteiger partial charge on any atom is -0.481 e. The van der Waals surface area contributed by atoms with Gasteiger partial charge in [-0.05, 0) is 17.7 Å². The number of hydrogen-bond acceptors (Lipinski definition) is 4. The van der Waals surface area contributed by atoms with Crippen LogP contribution in [0.15, 0.2) is 42.5 Å². The van der Waals surface area contributed by atoms with Gasteiger partial charge in [-0.15, -0.1) is 0 Å². The van der Waals surface area contributed by atoms with Gasteiger partial charge in [0.05, 0.1) is 17.0 Å². The van der Waals surface area contributed by atoms with Crippen molar-refractivity contribution in [2.75, 3.05) is 5.32 Å². The second-order valence-corrected chi connectivity index (χ2v) is 4.27. The maximum absolute atomic E-state index is 13.7. The van der Waals surface area contributed by atoms with Gasteiger partial charge in [0.15, 0.2) is 0 Å². The highest BCUT2D eigenvalue weighted by Crippen LogP contribution is 2.26. The van der Waals surface area contributed by atoms with Crippen LogP contribution in [-0.2, 0) is 11.2 Å². The molecule has 0 radical (unpaired) electrons. The Labute approximate surface area is 119 Å². The molecule has 0 aliphatic carbocycles. The largest absolute Gasteiger partial charge is 0.481 e. The Hall–Kier alpha value is -2.96. The van der Waals surface area contributed by atoms with Gasteiger partial charge in [0, 0.05) is 17.8 Å². The minimum atomic E-state index is -1.02. The van der Waals surface area contributed by atoms with E-state index in [4.69, 9.17) is 5.11 Å². The molecule has 2 rings (SSSR count). The van der Waals surface area contributed by atoms with E-state index in [9.17, 15) is 19.3 Å². The fraction of sp³-hybridized carbons (Fsp3) is 0.0714. The summed E-state index contributed by atoms with van der Waals surface area (Å²) in [5, 5.41) is 22.2. The van der Waals surface area contributed by atoms with Crippen molar-refractivity contribution < 1.29 is 19.2 Å². The van der Waals surface area contributed by atoms with Crippen molar-refractivity contribution in [3.8, 4) is 0 Å². The van der Waals surface area contributed by atoms with Crippen LogP contribution in [0.3, 0.4) is 0 Å². The molecule has 0 aliphatic heterocycles. The fourth-order valence-corrected chi connectivity index (χ4v) is 1.83. The molecule has 0 aliphatic rings. The second-order valence-electron chi connectivity index (χ2n) is 4.27. The molecule has 2 N–H and O–H groups in total. The molecule has 6 nitrogen and oxygen atoms in total. The van der Waals surface area contributed by atoms with E-state index in [2.05, 4.69) is 5.32 Å². The highest BCUT2D eigenvalue weighted by atomic mass is 19.1. The number of rotatable bonds is 5. The van der Waals surface area contributed by atoms with E-state index < -0.39 is 16.7 Å². The van der Waals surface area contributed by atoms with Crippen LogP contribution in [0.4, 0.5) is 21.5 Å². The fourth-order valence-electron chi connectivity index (χ4n) is 1.83. The number of nitrogens with one attached hydrogen (secondary N) is 1. The van der Waals surface area contributed by atoms with Crippen LogP contribution in [0.25, 0.3) is 0 Å². The zero-order valence-corrected chi connectivity index (χ0v) is 10.7. The van der Waals surface area contributed by atoms with E-state index in [-0.39, 0.29) is 17.8 Å². The van der Waals surface area contributed by atoms with Gasteiger partial charge in [0.2, 0.25) is 0 Å². The first kappa shape index (κ1) is 14.4. The number of non-ortho nitro benzene ring substituents is 1. The summed E-state index contributed by atoms with van der Waals surface area (Å²) in [6.07, 6.45) is -0.236. The number of carbonyl (C=O) groups is 1. The number of nitrogens with zero attached hydrogens (tertiary/aromatic N) is 1. The van der Waals surface area contributed by atoms with Gasteiger partial charge in [-0.25, -0.2) is 4.39 Å². The lowest BCUT2D eigenvalue weighted by Crippen LogP contribution is -2.04. The Morgan fingerprint density at radius 3 is 2.62 bits per heavy atom. The van der Waals surface area contributed by atoms with Gasteiger partial charge < -0.3 is 10.4 Å². The Balaban J connectivity index is 2.36. The number of para-hydroxylation sites is 1. The number of hydrogen-bond donors (Lipinski definition) is 2. The lowest BCUT2D eigenvalue weighted by Gasteiger charge is -2.11. The molecule has 0 bridgehead atoms. The van der Waals surface area contributed by atoms with Gasteiger partial charge in [-0.3, -0.25) is 14.9 Å². The van der Waals surface area contributed by atoms with E-state index >= 15 is 0 Å². The molecule has 7 heteroatoms. The maximum Gasteiger partial charge on any atom is 0.307 e. The molecular weight excluding hydrogens is 279 g/mol. The molecule has 0 atom stereocenters. The monoisotopic (exact) mass is 290 g/mol. The highest BCUT2D eigenvalue weighted by Gasteiger charge is 2.13. The quantitative estimate of drug-likeness (QED) is 0.652. The minimum absolute atomic E-state index is 0.0814. The van der Waals surface area contributed by atoms with Crippen molar-refractivity contribution in [2.45, 2.75) is 6.42 Å². The average Bonchev–Trinajstić information content (AvgIpc) is 2.42. The Morgan fingerprint density at radius 1 is 1.24 bits per heavy atom. The number of carboxylic acid groups (broad SMARTS) is 1. The SMILES string of the molecule is O=C(O)Cc1ccccc1Nc1cc([N+](=O)[O-])ccc1F. The molecule has 0 saturated carbocycles. The third kappa shape index (κ3) is 3.53. The number of carboxylic acids is 1. The molecule has 2 aromatic rings. The zero-order valence-electron chi connectivity index (χ0n) is 10.7. The molecule has 0 unspecified atom stereocenters. The molecule has 0 saturated heterocycles. The second kappa shape index (κ2) is 6.00. The summed E-state index contributed by atoms with van der Waals surface area (Å²) in [5.74, 6) is -1.69. The standard InChI is InChI=1S/C14H11FN2O4/c15-11-6-5-10(17(20)21)8-13(11)16-12-4-2-1-3-9(12)7-14(18)19/h1-6,8,16H,7H2,(H,18,19). The van der Waals surface area contributed by atoms with E-state index in [0.29, 0.717) is 11.3 Å². The van der Waals surface area contributed by atoms with Crippen LogP contribution in [0.5, 0.6) is 0 Å². The Kier molecular flexibility index (Phi) is 4.13. The van der Waals surface area contributed by atoms with E-state index in [1.165, 1.54) is 0 Å². The predicted octanol–water partition coefficient (Wildman–Crippen LogP) is 3.10. The number of aliphatic carboxylic acids is 1. The topological polar surface area (TPSA) is 92.5 Å². The number of benzene rings is 2. The van der Waals surface area contributed by atoms with Crippen molar-refractivity contribution in [3.63, 3.8) is 0 Å². The van der Waals surface area contributed by atoms with E-state index in [0.717, 1.165) is 18.2 Å². The molecular formula is C14H11FN2O4. The predicted molar refractivity (Wildman–Crippen MR) is 74.1 cm³/mol. The van der Waals surface area contributed by atoms with E-state index in [1.54, 1.807) is 24.3 Å². The highest BCUT2D eigenvalue weighted by molar-refractivity contribution is 5.75. The summed E-state index contributed by atoms with van der Waals surface area (Å²) >= 11 is 0. The van der Waals surface area contributed by atoms with Gasteiger partial charge in [0.25, 0.3) is 5.69 Å². The Morgan fingerprint density at radius 2 is 1.95 bits per heavy atom. The molecule has 108 valence electrons. The van der Waals surface area contributed by atoms with Crippen LogP contribution in [0.2, 0.25) is 0 Å². The summed E-state index contributed by atoms with van der Waals surface area (Å²) in [4.78, 5) is 20.9. The van der Waals surface area contributed by atoms with Gasteiger partial charge >= 0.3 is 5.97 Å². The van der Waals surface area contributed by atoms with Crippen molar-refractivity contribution in [3.05, 3.63) is 64.0 Å². The van der Waals surface area contributed by atoms with Crippen LogP contribution < -0.4 is 5.32 Å². The normalized spacial score (nSPS) is 10.1. The maximum atomic E-state index is 13.7. The number of halogens is 1. The summed E-state index contributed by atoms with van der Waals surface area (Å²) < 4.78 is 13.7. The van der Waals surface area contributed by atoms with Crippen molar-refractivity contribution in [2.24, 2.45) is 0 Å². The smallest absolute Gasteiger partial charge is 0.307 e. The van der Waals surface area contributed by atoms with Crippen LogP contribution in [0, 0.1) is 15.9 Å². The summed E-state index contributed by atoms with van der Waals surface area (Å²) in [5.41, 5.74) is 0.506. The molecule has 0 amide bonds. The third-order valence-electron chi connectivity index (χ3n) is 2.79. The van der Waals surface area contributed by atoms with E-state index in [1.807, 2.05) is 0 Å². The molecule has 2 aromatic carbocycles. The molecule has 21 heavy (non-hydrogen) atoms. The van der Waals surface area contributed by atoms with Crippen molar-refractivity contribution in [1.29, 1.82) is 0 Å². The first-order chi connectivity index (χ1) is 9.97. The molecule has 0 fully saturated rings. The third-order valence-corrected chi connectivity index (χ3v) is 2.79. The molecule has 0 heterocycles. The lowest BCUT2D eigenvalue weighted by atomic mass is 10.1. The number of anilines is 2. The first-order valence-electron chi connectivity index (χ1n) is 5.98. The molecule has 0 spiro atoms. The summed E-state index contributed by atoms with van der Waals surface area (Å²) in [7, 11) is 0. The number of nitro groups is 1. The van der Waals surface area contributed by atoms with Crippen LogP contribution >= 0.6 is 0 Å². The Bertz CT molecular complexity index is 703. The average molecular weight is 290 g/mol. The van der Waals surface area contributed by atoms with Crippen LogP contribution in [-0.4, -0.2) is 16.0 Å².